The van der Waals surface area contributed by atoms with Gasteiger partial charge in [0.05, 0.1) is 14.2 Å². The minimum atomic E-state index is -0.950. The average molecular weight is 347 g/mol. The Bertz CT molecular complexity index is 700. The number of rotatable bonds is 7. The molecule has 0 aromatic heterocycles. The Morgan fingerprint density at radius 2 is 1.62 bits per heavy atom. The van der Waals surface area contributed by atoms with Crippen molar-refractivity contribution in [2.75, 3.05) is 20.5 Å². The molecule has 130 valence electrons. The van der Waals surface area contributed by atoms with E-state index in [0.717, 1.165) is 27.5 Å². The molecule has 0 aliphatic carbocycles. The second-order valence-electron chi connectivity index (χ2n) is 5.74. The highest BCUT2D eigenvalue weighted by molar-refractivity contribution is 7.84. The molecular weight excluding hydrogens is 322 g/mol. The van der Waals surface area contributed by atoms with E-state index in [1.165, 1.54) is 0 Å². The van der Waals surface area contributed by atoms with Crippen LogP contribution in [0.15, 0.2) is 47.4 Å². The maximum Gasteiger partial charge on any atom is 0.123 e. The van der Waals surface area contributed by atoms with Gasteiger partial charge in [-0.05, 0) is 49.7 Å². The van der Waals surface area contributed by atoms with Gasteiger partial charge in [-0.3, -0.25) is 4.21 Å². The summed E-state index contributed by atoms with van der Waals surface area (Å²) in [6.45, 7) is 4.21. The van der Waals surface area contributed by atoms with Gasteiger partial charge in [-0.2, -0.15) is 0 Å². The van der Waals surface area contributed by atoms with Crippen molar-refractivity contribution in [1.82, 2.24) is 5.32 Å². The monoisotopic (exact) mass is 347 g/mol. The van der Waals surface area contributed by atoms with Gasteiger partial charge < -0.3 is 14.8 Å². The average Bonchev–Trinajstić information content (AvgIpc) is 2.60. The van der Waals surface area contributed by atoms with Gasteiger partial charge in [0.25, 0.3) is 0 Å². The van der Waals surface area contributed by atoms with E-state index in [2.05, 4.69) is 19.2 Å². The van der Waals surface area contributed by atoms with Crippen LogP contribution in [0.25, 0.3) is 0 Å². The van der Waals surface area contributed by atoms with Crippen molar-refractivity contribution in [3.63, 3.8) is 0 Å². The second kappa shape index (κ2) is 8.31. The molecule has 0 radical (unpaired) electrons. The first kappa shape index (κ1) is 18.5. The lowest BCUT2D eigenvalue weighted by Gasteiger charge is -2.23. The Balaban J connectivity index is 2.16. The summed E-state index contributed by atoms with van der Waals surface area (Å²) in [6.07, 6.45) is 1.69. The van der Waals surface area contributed by atoms with Gasteiger partial charge in [-0.25, -0.2) is 0 Å². The first-order valence-corrected chi connectivity index (χ1v) is 9.43. The molecule has 5 heteroatoms. The Labute approximate surface area is 146 Å². The molecule has 0 amide bonds. The van der Waals surface area contributed by atoms with Crippen LogP contribution in [0.4, 0.5) is 0 Å². The lowest BCUT2D eigenvalue weighted by Crippen LogP contribution is -2.23. The minimum absolute atomic E-state index is 0.0880. The van der Waals surface area contributed by atoms with E-state index in [1.807, 2.05) is 42.5 Å². The van der Waals surface area contributed by atoms with E-state index in [0.29, 0.717) is 0 Å². The number of nitrogens with one attached hydrogen (secondary N) is 1. The molecule has 0 aliphatic rings. The van der Waals surface area contributed by atoms with Crippen molar-refractivity contribution in [3.8, 4) is 11.5 Å². The SMILES string of the molecule is COc1ccc(OC)c([C@H](C)N[C@@H](C)c2ccc([S@@](C)=O)cc2)c1. The molecule has 24 heavy (non-hydrogen) atoms. The standard InChI is InChI=1S/C19H25NO3S/c1-13(15-6-9-17(10-7-15)24(5)21)20-14(2)18-12-16(22-3)8-11-19(18)23-4/h6-14,20H,1-5H3/t13-,14-,24+/m0/s1. The second-order valence-corrected chi connectivity index (χ2v) is 7.12. The van der Waals surface area contributed by atoms with Crippen molar-refractivity contribution in [2.45, 2.75) is 30.8 Å². The molecular formula is C19H25NO3S. The molecule has 0 saturated carbocycles. The van der Waals surface area contributed by atoms with E-state index >= 15 is 0 Å². The number of benzene rings is 2. The maximum atomic E-state index is 11.5. The predicted octanol–water partition coefficient (Wildman–Crippen LogP) is 3.85. The Kier molecular flexibility index (Phi) is 6.40. The molecule has 2 aromatic rings. The first-order valence-electron chi connectivity index (χ1n) is 7.87. The zero-order chi connectivity index (χ0) is 17.7. The van der Waals surface area contributed by atoms with Gasteiger partial charge in [0.1, 0.15) is 11.5 Å². The van der Waals surface area contributed by atoms with E-state index in [9.17, 15) is 4.21 Å². The zero-order valence-electron chi connectivity index (χ0n) is 14.8. The molecule has 3 atom stereocenters. The van der Waals surface area contributed by atoms with Crippen molar-refractivity contribution >= 4 is 10.8 Å². The van der Waals surface area contributed by atoms with Gasteiger partial charge in [-0.15, -0.1) is 0 Å². The molecule has 2 rings (SSSR count). The van der Waals surface area contributed by atoms with E-state index in [4.69, 9.17) is 9.47 Å². The fourth-order valence-electron chi connectivity index (χ4n) is 2.69. The van der Waals surface area contributed by atoms with E-state index in [-0.39, 0.29) is 12.1 Å². The molecule has 0 unspecified atom stereocenters. The van der Waals surface area contributed by atoms with Crippen molar-refractivity contribution < 1.29 is 13.7 Å². The Morgan fingerprint density at radius 3 is 2.17 bits per heavy atom. The van der Waals surface area contributed by atoms with Crippen LogP contribution in [0, 0.1) is 0 Å². The number of ether oxygens (including phenoxy) is 2. The highest BCUT2D eigenvalue weighted by Crippen LogP contribution is 2.30. The van der Waals surface area contributed by atoms with Crippen LogP contribution in [0.1, 0.15) is 37.1 Å². The molecule has 4 nitrogen and oxygen atoms in total. The topological polar surface area (TPSA) is 47.6 Å². The fourth-order valence-corrected chi connectivity index (χ4v) is 3.21. The summed E-state index contributed by atoms with van der Waals surface area (Å²) in [5.74, 6) is 1.64. The maximum absolute atomic E-state index is 11.5. The summed E-state index contributed by atoms with van der Waals surface area (Å²) in [4.78, 5) is 0.841. The van der Waals surface area contributed by atoms with Gasteiger partial charge in [0.2, 0.25) is 0 Å². The van der Waals surface area contributed by atoms with Crippen molar-refractivity contribution in [3.05, 3.63) is 53.6 Å². The van der Waals surface area contributed by atoms with Crippen LogP contribution in [0.2, 0.25) is 0 Å². The first-order chi connectivity index (χ1) is 11.5. The lowest BCUT2D eigenvalue weighted by molar-refractivity contribution is 0.387. The van der Waals surface area contributed by atoms with E-state index in [1.54, 1.807) is 20.5 Å². The molecule has 0 aliphatic heterocycles. The summed E-state index contributed by atoms with van der Waals surface area (Å²) in [5, 5.41) is 3.58. The van der Waals surface area contributed by atoms with Crippen LogP contribution >= 0.6 is 0 Å². The summed E-state index contributed by atoms with van der Waals surface area (Å²) < 4.78 is 22.3. The molecule has 0 fully saturated rings. The van der Waals surface area contributed by atoms with Crippen LogP contribution in [0.3, 0.4) is 0 Å². The third-order valence-corrected chi connectivity index (χ3v) is 5.05. The van der Waals surface area contributed by atoms with Gasteiger partial charge in [0, 0.05) is 39.6 Å². The van der Waals surface area contributed by atoms with Crippen LogP contribution < -0.4 is 14.8 Å². The predicted molar refractivity (Wildman–Crippen MR) is 98.3 cm³/mol. The summed E-state index contributed by atoms with van der Waals surface area (Å²) in [6, 6.07) is 13.9. The third-order valence-electron chi connectivity index (χ3n) is 4.12. The summed E-state index contributed by atoms with van der Waals surface area (Å²) in [5.41, 5.74) is 2.20. The third kappa shape index (κ3) is 4.36. The Hall–Kier alpha value is -1.85. The number of hydrogen-bond acceptors (Lipinski definition) is 4. The molecule has 1 N–H and O–H groups in total. The van der Waals surface area contributed by atoms with Gasteiger partial charge in [-0.1, -0.05) is 12.1 Å². The normalized spacial score (nSPS) is 14.7. The van der Waals surface area contributed by atoms with Crippen LogP contribution in [0.5, 0.6) is 11.5 Å². The molecule has 0 heterocycles. The Morgan fingerprint density at radius 1 is 0.958 bits per heavy atom. The van der Waals surface area contributed by atoms with Crippen LogP contribution in [-0.4, -0.2) is 24.7 Å². The summed E-state index contributed by atoms with van der Waals surface area (Å²) in [7, 11) is 2.38. The fraction of sp³-hybridized carbons (Fsp3) is 0.368. The zero-order valence-corrected chi connectivity index (χ0v) is 15.6. The quantitative estimate of drug-likeness (QED) is 0.826. The number of methoxy groups -OCH3 is 2. The molecule has 0 saturated heterocycles. The number of hydrogen-bond donors (Lipinski definition) is 1. The van der Waals surface area contributed by atoms with Gasteiger partial charge >= 0.3 is 0 Å². The lowest BCUT2D eigenvalue weighted by atomic mass is 10.0. The summed E-state index contributed by atoms with van der Waals surface area (Å²) >= 11 is 0. The van der Waals surface area contributed by atoms with Crippen molar-refractivity contribution in [1.29, 1.82) is 0 Å². The molecule has 2 aromatic carbocycles. The van der Waals surface area contributed by atoms with Crippen LogP contribution in [-0.2, 0) is 10.8 Å². The van der Waals surface area contributed by atoms with Crippen molar-refractivity contribution in [2.24, 2.45) is 0 Å². The highest BCUT2D eigenvalue weighted by Gasteiger charge is 2.16. The highest BCUT2D eigenvalue weighted by atomic mass is 32.2. The largest absolute Gasteiger partial charge is 0.497 e. The van der Waals surface area contributed by atoms with Gasteiger partial charge in [0.15, 0.2) is 0 Å². The molecule has 0 bridgehead atoms. The minimum Gasteiger partial charge on any atom is -0.497 e. The van der Waals surface area contributed by atoms with E-state index < -0.39 is 10.8 Å². The molecule has 0 spiro atoms. The smallest absolute Gasteiger partial charge is 0.123 e.